The second-order valence-electron chi connectivity index (χ2n) is 7.36. The van der Waals surface area contributed by atoms with Crippen molar-refractivity contribution < 1.29 is 19.1 Å². The minimum atomic E-state index is -0.467. The number of benzene rings is 3. The molecule has 4 rings (SSSR count). The van der Waals surface area contributed by atoms with Gasteiger partial charge in [0.2, 0.25) is 0 Å². The molecule has 3 aromatic carbocycles. The summed E-state index contributed by atoms with van der Waals surface area (Å²) >= 11 is 17.4. The van der Waals surface area contributed by atoms with Gasteiger partial charge in [0, 0.05) is 5.02 Å². The van der Waals surface area contributed by atoms with Gasteiger partial charge < -0.3 is 10.1 Å². The van der Waals surface area contributed by atoms with E-state index in [2.05, 4.69) is 10.6 Å². The monoisotopic (exact) mass is 513 g/mol. The molecule has 172 valence electrons. The van der Waals surface area contributed by atoms with Crippen LogP contribution in [0, 0.1) is 6.92 Å². The summed E-state index contributed by atoms with van der Waals surface area (Å²) in [5, 5.41) is 6.12. The summed E-state index contributed by atoms with van der Waals surface area (Å²) in [6.07, 6.45) is 0. The number of amides is 3. The SMILES string of the molecule is Cc1cc(Cl)ccc1OCC(=O)NC(=S)Nc1ccc(N2C(=O)c3ccccc3C2=O)cc1Cl. The van der Waals surface area contributed by atoms with Gasteiger partial charge in [-0.1, -0.05) is 35.3 Å². The van der Waals surface area contributed by atoms with Crippen LogP contribution < -0.4 is 20.3 Å². The van der Waals surface area contributed by atoms with Crippen LogP contribution in [0.1, 0.15) is 26.3 Å². The van der Waals surface area contributed by atoms with Gasteiger partial charge in [-0.15, -0.1) is 0 Å². The number of rotatable bonds is 5. The molecule has 0 aromatic heterocycles. The van der Waals surface area contributed by atoms with Gasteiger partial charge in [0.25, 0.3) is 17.7 Å². The Kier molecular flexibility index (Phi) is 6.83. The van der Waals surface area contributed by atoms with E-state index in [1.807, 2.05) is 6.92 Å². The predicted molar refractivity (Wildman–Crippen MR) is 135 cm³/mol. The van der Waals surface area contributed by atoms with Crippen molar-refractivity contribution >= 4 is 69.6 Å². The number of hydrogen-bond acceptors (Lipinski definition) is 5. The molecular weight excluding hydrogens is 497 g/mol. The molecule has 0 spiro atoms. The molecule has 0 saturated carbocycles. The second-order valence-corrected chi connectivity index (χ2v) is 8.61. The van der Waals surface area contributed by atoms with Crippen LogP contribution in [0.4, 0.5) is 11.4 Å². The van der Waals surface area contributed by atoms with Crippen molar-refractivity contribution in [3.05, 3.63) is 87.4 Å². The Labute approximate surface area is 210 Å². The maximum atomic E-state index is 12.7. The van der Waals surface area contributed by atoms with E-state index >= 15 is 0 Å². The fourth-order valence-corrected chi connectivity index (χ4v) is 4.08. The lowest BCUT2D eigenvalue weighted by atomic mass is 10.1. The van der Waals surface area contributed by atoms with Crippen LogP contribution >= 0.6 is 35.4 Å². The third-order valence-electron chi connectivity index (χ3n) is 5.00. The average Bonchev–Trinajstić information content (AvgIpc) is 3.05. The minimum Gasteiger partial charge on any atom is -0.483 e. The van der Waals surface area contributed by atoms with Gasteiger partial charge >= 0.3 is 0 Å². The first-order valence-corrected chi connectivity index (χ1v) is 11.2. The minimum absolute atomic E-state index is 0.0109. The molecule has 0 radical (unpaired) electrons. The highest BCUT2D eigenvalue weighted by Gasteiger charge is 2.36. The van der Waals surface area contributed by atoms with E-state index in [1.165, 1.54) is 6.07 Å². The van der Waals surface area contributed by atoms with Gasteiger partial charge in [-0.25, -0.2) is 4.90 Å². The van der Waals surface area contributed by atoms with Gasteiger partial charge in [-0.2, -0.15) is 0 Å². The summed E-state index contributed by atoms with van der Waals surface area (Å²) in [6, 6.07) is 16.3. The summed E-state index contributed by atoms with van der Waals surface area (Å²) in [6.45, 7) is 1.57. The zero-order valence-corrected chi connectivity index (χ0v) is 20.1. The van der Waals surface area contributed by atoms with Gasteiger partial charge in [0.1, 0.15) is 5.75 Å². The molecule has 0 fully saturated rings. The van der Waals surface area contributed by atoms with Crippen LogP contribution in [0.5, 0.6) is 5.75 Å². The van der Waals surface area contributed by atoms with E-state index in [4.69, 9.17) is 40.2 Å². The van der Waals surface area contributed by atoms with Crippen LogP contribution in [0.15, 0.2) is 60.7 Å². The van der Waals surface area contributed by atoms with Gasteiger partial charge in [-0.05, 0) is 73.2 Å². The molecular formula is C24H17Cl2N3O4S. The van der Waals surface area contributed by atoms with Crippen LogP contribution in [-0.4, -0.2) is 29.4 Å². The number of anilines is 2. The van der Waals surface area contributed by atoms with E-state index in [1.54, 1.807) is 54.6 Å². The molecule has 1 heterocycles. The molecule has 0 bridgehead atoms. The molecule has 1 aliphatic heterocycles. The van der Waals surface area contributed by atoms with Crippen molar-refractivity contribution in [2.45, 2.75) is 6.92 Å². The summed E-state index contributed by atoms with van der Waals surface area (Å²) in [4.78, 5) is 38.6. The maximum Gasteiger partial charge on any atom is 0.266 e. The number of fused-ring (bicyclic) bond motifs is 1. The maximum absolute atomic E-state index is 12.7. The third kappa shape index (κ3) is 4.89. The molecule has 2 N–H and O–H groups in total. The Morgan fingerprint density at radius 2 is 1.68 bits per heavy atom. The number of hydrogen-bond donors (Lipinski definition) is 2. The van der Waals surface area contributed by atoms with Crippen molar-refractivity contribution in [3.63, 3.8) is 0 Å². The van der Waals surface area contributed by atoms with Crippen LogP contribution in [0.2, 0.25) is 10.0 Å². The first kappa shape index (κ1) is 23.7. The molecule has 0 aliphatic carbocycles. The third-order valence-corrected chi connectivity index (χ3v) is 5.75. The standard InChI is InChI=1S/C24H17Cl2N3O4S/c1-13-10-14(25)6-9-20(13)33-12-21(30)28-24(34)27-19-8-7-15(11-18(19)26)29-22(31)16-4-2-3-5-17(16)23(29)32/h2-11H,12H2,1H3,(H2,27,28,30,34). The predicted octanol–water partition coefficient (Wildman–Crippen LogP) is 4.99. The smallest absolute Gasteiger partial charge is 0.266 e. The number of aryl methyl sites for hydroxylation is 1. The van der Waals surface area contributed by atoms with Crippen molar-refractivity contribution in [1.29, 1.82) is 0 Å². The highest BCUT2D eigenvalue weighted by Crippen LogP contribution is 2.32. The highest BCUT2D eigenvalue weighted by molar-refractivity contribution is 7.80. The van der Waals surface area contributed by atoms with Crippen LogP contribution in [0.3, 0.4) is 0 Å². The van der Waals surface area contributed by atoms with E-state index in [0.717, 1.165) is 10.5 Å². The van der Waals surface area contributed by atoms with Crippen molar-refractivity contribution in [1.82, 2.24) is 5.32 Å². The molecule has 10 heteroatoms. The highest BCUT2D eigenvalue weighted by atomic mass is 35.5. The van der Waals surface area contributed by atoms with Crippen LogP contribution in [-0.2, 0) is 4.79 Å². The Morgan fingerprint density at radius 3 is 2.29 bits per heavy atom. The quantitative estimate of drug-likeness (QED) is 0.369. The Morgan fingerprint density at radius 1 is 1.00 bits per heavy atom. The fourth-order valence-electron chi connectivity index (χ4n) is 3.40. The van der Waals surface area contributed by atoms with Gasteiger partial charge in [0.15, 0.2) is 11.7 Å². The van der Waals surface area contributed by atoms with Gasteiger partial charge in [-0.3, -0.25) is 19.7 Å². The lowest BCUT2D eigenvalue weighted by Crippen LogP contribution is -2.37. The Balaban J connectivity index is 1.37. The summed E-state index contributed by atoms with van der Waals surface area (Å²) in [5.74, 6) is -0.775. The number of carbonyl (C=O) groups excluding carboxylic acids is 3. The number of nitrogens with one attached hydrogen (secondary N) is 2. The van der Waals surface area contributed by atoms with E-state index in [-0.39, 0.29) is 16.7 Å². The molecule has 3 aromatic rings. The van der Waals surface area contributed by atoms with Crippen molar-refractivity contribution in [2.75, 3.05) is 16.8 Å². The number of carbonyl (C=O) groups is 3. The van der Waals surface area contributed by atoms with Crippen molar-refractivity contribution in [2.24, 2.45) is 0 Å². The molecule has 0 saturated heterocycles. The normalized spacial score (nSPS) is 12.4. The summed E-state index contributed by atoms with van der Waals surface area (Å²) < 4.78 is 5.49. The largest absolute Gasteiger partial charge is 0.483 e. The first-order valence-electron chi connectivity index (χ1n) is 10.0. The van der Waals surface area contributed by atoms with E-state index in [9.17, 15) is 14.4 Å². The number of thiocarbonyl (C=S) groups is 1. The molecule has 3 amide bonds. The molecule has 1 aliphatic rings. The first-order chi connectivity index (χ1) is 16.2. The molecule has 0 unspecified atom stereocenters. The molecule has 0 atom stereocenters. The number of ether oxygens (including phenoxy) is 1. The number of nitrogens with zero attached hydrogens (tertiary/aromatic N) is 1. The Hall–Kier alpha value is -3.46. The topological polar surface area (TPSA) is 87.7 Å². The van der Waals surface area contributed by atoms with Crippen molar-refractivity contribution in [3.8, 4) is 5.75 Å². The lowest BCUT2D eigenvalue weighted by molar-refractivity contribution is -0.121. The second kappa shape index (κ2) is 9.80. The molecule has 34 heavy (non-hydrogen) atoms. The average molecular weight is 514 g/mol. The number of imide groups is 1. The lowest BCUT2D eigenvalue weighted by Gasteiger charge is -2.16. The molecule has 7 nitrogen and oxygen atoms in total. The van der Waals surface area contributed by atoms with Crippen LogP contribution in [0.25, 0.3) is 0 Å². The van der Waals surface area contributed by atoms with E-state index < -0.39 is 17.7 Å². The Bertz CT molecular complexity index is 1310. The van der Waals surface area contributed by atoms with E-state index in [0.29, 0.717) is 33.3 Å². The fraction of sp³-hybridized carbons (Fsp3) is 0.0833. The van der Waals surface area contributed by atoms with Gasteiger partial charge in [0.05, 0.1) is 27.5 Å². The summed E-state index contributed by atoms with van der Waals surface area (Å²) in [5.41, 5.74) is 2.19. The number of halogens is 2. The summed E-state index contributed by atoms with van der Waals surface area (Å²) in [7, 11) is 0. The zero-order chi connectivity index (χ0) is 24.4. The zero-order valence-electron chi connectivity index (χ0n) is 17.7.